The van der Waals surface area contributed by atoms with Crippen LogP contribution in [0.25, 0.3) is 10.9 Å². The molecule has 1 aromatic heterocycles. The lowest BCUT2D eigenvalue weighted by Gasteiger charge is -2.09. The molecule has 4 nitrogen and oxygen atoms in total. The maximum absolute atomic E-state index is 11.0. The van der Waals surface area contributed by atoms with Gasteiger partial charge in [0, 0.05) is 23.2 Å². The number of rotatable bonds is 3. The SMILES string of the molecule is COc1cc2nccc(Cl)c2cc1CC(N)=O. The molecule has 0 aliphatic rings. The quantitative estimate of drug-likeness (QED) is 0.905. The lowest BCUT2D eigenvalue weighted by molar-refractivity contribution is -0.117. The normalized spacial score (nSPS) is 10.5. The van der Waals surface area contributed by atoms with Gasteiger partial charge in [0.1, 0.15) is 5.75 Å². The molecule has 88 valence electrons. The summed E-state index contributed by atoms with van der Waals surface area (Å²) >= 11 is 6.06. The molecule has 0 saturated heterocycles. The Balaban J connectivity index is 2.65. The lowest BCUT2D eigenvalue weighted by atomic mass is 10.1. The van der Waals surface area contributed by atoms with E-state index in [2.05, 4.69) is 4.98 Å². The zero-order valence-electron chi connectivity index (χ0n) is 9.24. The van der Waals surface area contributed by atoms with Crippen molar-refractivity contribution in [3.05, 3.63) is 35.0 Å². The fraction of sp³-hybridized carbons (Fsp3) is 0.167. The largest absolute Gasteiger partial charge is 0.496 e. The van der Waals surface area contributed by atoms with Crippen LogP contribution in [0.3, 0.4) is 0 Å². The van der Waals surface area contributed by atoms with Crippen LogP contribution in [0, 0.1) is 0 Å². The summed E-state index contributed by atoms with van der Waals surface area (Å²) in [5, 5.41) is 1.37. The molecule has 0 spiro atoms. The molecule has 0 aliphatic carbocycles. The summed E-state index contributed by atoms with van der Waals surface area (Å²) in [5.74, 6) is 0.175. The third-order valence-corrected chi connectivity index (χ3v) is 2.78. The maximum atomic E-state index is 11.0. The van der Waals surface area contributed by atoms with Crippen LogP contribution in [0.1, 0.15) is 5.56 Å². The second-order valence-electron chi connectivity index (χ2n) is 3.62. The van der Waals surface area contributed by atoms with E-state index in [1.165, 1.54) is 7.11 Å². The molecule has 1 heterocycles. The first-order valence-corrected chi connectivity index (χ1v) is 5.39. The topological polar surface area (TPSA) is 65.2 Å². The zero-order chi connectivity index (χ0) is 12.4. The highest BCUT2D eigenvalue weighted by molar-refractivity contribution is 6.35. The first kappa shape index (κ1) is 11.7. The smallest absolute Gasteiger partial charge is 0.221 e. The fourth-order valence-corrected chi connectivity index (χ4v) is 1.91. The summed E-state index contributed by atoms with van der Waals surface area (Å²) < 4.78 is 5.20. The Morgan fingerprint density at radius 1 is 1.53 bits per heavy atom. The molecule has 2 aromatic rings. The lowest BCUT2D eigenvalue weighted by Crippen LogP contribution is -2.14. The molecule has 1 amide bonds. The number of fused-ring (bicyclic) bond motifs is 1. The van der Waals surface area contributed by atoms with E-state index in [0.717, 1.165) is 10.9 Å². The zero-order valence-corrected chi connectivity index (χ0v) is 9.99. The van der Waals surface area contributed by atoms with Gasteiger partial charge in [-0.05, 0) is 12.1 Å². The molecule has 0 unspecified atom stereocenters. The molecular formula is C12H11ClN2O2. The van der Waals surface area contributed by atoms with Gasteiger partial charge in [0.25, 0.3) is 0 Å². The first-order chi connectivity index (χ1) is 8.11. The van der Waals surface area contributed by atoms with E-state index in [1.54, 1.807) is 24.4 Å². The molecule has 0 bridgehead atoms. The molecule has 2 rings (SSSR count). The van der Waals surface area contributed by atoms with Gasteiger partial charge in [0.2, 0.25) is 5.91 Å². The predicted molar refractivity (Wildman–Crippen MR) is 66.2 cm³/mol. The molecule has 0 fully saturated rings. The number of primary amides is 1. The summed E-state index contributed by atoms with van der Waals surface area (Å²) in [5.41, 5.74) is 6.62. The second-order valence-corrected chi connectivity index (χ2v) is 4.02. The Hall–Kier alpha value is -1.81. The highest BCUT2D eigenvalue weighted by Crippen LogP contribution is 2.29. The third kappa shape index (κ3) is 2.31. The van der Waals surface area contributed by atoms with Gasteiger partial charge in [-0.15, -0.1) is 0 Å². The monoisotopic (exact) mass is 250 g/mol. The summed E-state index contributed by atoms with van der Waals surface area (Å²) in [6, 6.07) is 5.23. The van der Waals surface area contributed by atoms with Crippen LogP contribution in [0.4, 0.5) is 0 Å². The van der Waals surface area contributed by atoms with Crippen molar-refractivity contribution in [2.24, 2.45) is 5.73 Å². The number of nitrogens with two attached hydrogens (primary N) is 1. The van der Waals surface area contributed by atoms with Crippen LogP contribution in [-0.4, -0.2) is 18.0 Å². The maximum Gasteiger partial charge on any atom is 0.221 e. The highest BCUT2D eigenvalue weighted by Gasteiger charge is 2.10. The summed E-state index contributed by atoms with van der Waals surface area (Å²) in [6.07, 6.45) is 1.74. The molecule has 17 heavy (non-hydrogen) atoms. The number of hydrogen-bond acceptors (Lipinski definition) is 3. The minimum Gasteiger partial charge on any atom is -0.496 e. The van der Waals surface area contributed by atoms with Crippen LogP contribution in [-0.2, 0) is 11.2 Å². The van der Waals surface area contributed by atoms with Gasteiger partial charge in [-0.3, -0.25) is 9.78 Å². The van der Waals surface area contributed by atoms with Crippen molar-refractivity contribution in [3.8, 4) is 5.75 Å². The molecule has 1 aromatic carbocycles. The number of halogens is 1. The minimum absolute atomic E-state index is 0.115. The number of aromatic nitrogens is 1. The number of nitrogens with zero attached hydrogens (tertiary/aromatic N) is 1. The molecule has 0 radical (unpaired) electrons. The first-order valence-electron chi connectivity index (χ1n) is 5.01. The van der Waals surface area contributed by atoms with Crippen molar-refractivity contribution in [2.75, 3.05) is 7.11 Å². The predicted octanol–water partition coefficient (Wildman–Crippen LogP) is 1.92. The summed E-state index contributed by atoms with van der Waals surface area (Å²) in [7, 11) is 1.54. The molecule has 0 aliphatic heterocycles. The van der Waals surface area contributed by atoms with Gasteiger partial charge < -0.3 is 10.5 Å². The van der Waals surface area contributed by atoms with E-state index in [0.29, 0.717) is 16.3 Å². The summed E-state index contributed by atoms with van der Waals surface area (Å²) in [6.45, 7) is 0. The fourth-order valence-electron chi connectivity index (χ4n) is 1.70. The summed E-state index contributed by atoms with van der Waals surface area (Å²) in [4.78, 5) is 15.2. The molecule has 0 atom stereocenters. The Morgan fingerprint density at radius 3 is 2.94 bits per heavy atom. The van der Waals surface area contributed by atoms with Crippen molar-refractivity contribution in [1.82, 2.24) is 4.98 Å². The molecule has 2 N–H and O–H groups in total. The van der Waals surface area contributed by atoms with Gasteiger partial charge in [0.05, 0.1) is 24.1 Å². The number of carbonyl (C=O) groups excluding carboxylic acids is 1. The van der Waals surface area contributed by atoms with E-state index < -0.39 is 5.91 Å². The van der Waals surface area contributed by atoms with Crippen molar-refractivity contribution in [3.63, 3.8) is 0 Å². The molecular weight excluding hydrogens is 240 g/mol. The number of amides is 1. The second kappa shape index (κ2) is 4.59. The Morgan fingerprint density at radius 2 is 2.29 bits per heavy atom. The van der Waals surface area contributed by atoms with E-state index >= 15 is 0 Å². The van der Waals surface area contributed by atoms with Crippen molar-refractivity contribution < 1.29 is 9.53 Å². The van der Waals surface area contributed by atoms with Crippen molar-refractivity contribution in [2.45, 2.75) is 6.42 Å². The minimum atomic E-state index is -0.414. The van der Waals surface area contributed by atoms with E-state index in [9.17, 15) is 4.79 Å². The van der Waals surface area contributed by atoms with Gasteiger partial charge in [-0.2, -0.15) is 0 Å². The number of hydrogen-bond donors (Lipinski definition) is 1. The van der Waals surface area contributed by atoms with E-state index in [-0.39, 0.29) is 6.42 Å². The molecule has 5 heteroatoms. The number of methoxy groups -OCH3 is 1. The average molecular weight is 251 g/mol. The Labute approximate surface area is 103 Å². The van der Waals surface area contributed by atoms with Crippen LogP contribution < -0.4 is 10.5 Å². The average Bonchev–Trinajstić information content (AvgIpc) is 2.29. The number of carbonyl (C=O) groups is 1. The van der Waals surface area contributed by atoms with Gasteiger partial charge in [-0.1, -0.05) is 11.6 Å². The molecule has 0 saturated carbocycles. The number of pyridine rings is 1. The van der Waals surface area contributed by atoms with Crippen LogP contribution in [0.2, 0.25) is 5.02 Å². The third-order valence-electron chi connectivity index (χ3n) is 2.46. The van der Waals surface area contributed by atoms with Crippen LogP contribution >= 0.6 is 11.6 Å². The standard InChI is InChI=1S/C12H11ClN2O2/c1-17-11-6-10-8(9(13)2-3-15-10)4-7(11)5-12(14)16/h2-4,6H,5H2,1H3,(H2,14,16). The van der Waals surface area contributed by atoms with Gasteiger partial charge in [-0.25, -0.2) is 0 Å². The number of ether oxygens (including phenoxy) is 1. The van der Waals surface area contributed by atoms with Crippen LogP contribution in [0.15, 0.2) is 24.4 Å². The van der Waals surface area contributed by atoms with E-state index in [1.807, 2.05) is 0 Å². The van der Waals surface area contributed by atoms with Crippen LogP contribution in [0.5, 0.6) is 5.75 Å². The van der Waals surface area contributed by atoms with Crippen molar-refractivity contribution in [1.29, 1.82) is 0 Å². The van der Waals surface area contributed by atoms with Gasteiger partial charge >= 0.3 is 0 Å². The van der Waals surface area contributed by atoms with Gasteiger partial charge in [0.15, 0.2) is 0 Å². The van der Waals surface area contributed by atoms with E-state index in [4.69, 9.17) is 22.1 Å². The number of benzene rings is 1. The highest BCUT2D eigenvalue weighted by atomic mass is 35.5. The van der Waals surface area contributed by atoms with Crippen molar-refractivity contribution >= 4 is 28.4 Å². The Kier molecular flexibility index (Phi) is 3.15. The Bertz CT molecular complexity index is 584.